The van der Waals surface area contributed by atoms with Gasteiger partial charge in [0.2, 0.25) is 6.29 Å². The van der Waals surface area contributed by atoms with E-state index < -0.39 is 18.4 Å². The van der Waals surface area contributed by atoms with Crippen molar-refractivity contribution in [3.8, 4) is 22.5 Å². The summed E-state index contributed by atoms with van der Waals surface area (Å²) < 4.78 is 17.6. The lowest BCUT2D eigenvalue weighted by Crippen LogP contribution is -2.23. The summed E-state index contributed by atoms with van der Waals surface area (Å²) in [7, 11) is 0. The number of ether oxygens (including phenoxy) is 3. The van der Waals surface area contributed by atoms with Crippen molar-refractivity contribution in [2.75, 3.05) is 0 Å². The summed E-state index contributed by atoms with van der Waals surface area (Å²) in [6.45, 7) is 7.60. The van der Waals surface area contributed by atoms with Crippen molar-refractivity contribution in [2.45, 2.75) is 78.7 Å². The SMILES string of the molecule is CCc1nc2c(n1Cc1ccc(-c3ccccc3-c3nnn[nH]3)cc1)C(=CC(=O)OC(C)OC(=O)OC(C)C)CCCC2. The largest absolute Gasteiger partial charge is 0.511 e. The van der Waals surface area contributed by atoms with Crippen LogP contribution in [0.3, 0.4) is 0 Å². The number of hydrogen-bond acceptors (Lipinski definition) is 9. The predicted molar refractivity (Wildman–Crippen MR) is 160 cm³/mol. The van der Waals surface area contributed by atoms with Crippen LogP contribution in [0.25, 0.3) is 28.1 Å². The molecule has 2 aromatic carbocycles. The van der Waals surface area contributed by atoms with E-state index in [4.69, 9.17) is 19.2 Å². The third-order valence-corrected chi connectivity index (χ3v) is 7.15. The number of nitrogens with one attached hydrogen (secondary N) is 1. The van der Waals surface area contributed by atoms with E-state index in [9.17, 15) is 9.59 Å². The van der Waals surface area contributed by atoms with Gasteiger partial charge < -0.3 is 18.8 Å². The number of aromatic amines is 1. The van der Waals surface area contributed by atoms with Crippen LogP contribution in [0.1, 0.15) is 69.7 Å². The van der Waals surface area contributed by atoms with Gasteiger partial charge in [0, 0.05) is 31.5 Å². The Morgan fingerprint density at radius 2 is 1.72 bits per heavy atom. The second kappa shape index (κ2) is 13.5. The van der Waals surface area contributed by atoms with Crippen LogP contribution in [-0.4, -0.2) is 54.7 Å². The molecule has 5 rings (SSSR count). The number of carbonyl (C=O) groups excluding carboxylic acids is 2. The molecule has 4 aromatic rings. The van der Waals surface area contributed by atoms with E-state index in [2.05, 4.69) is 56.4 Å². The summed E-state index contributed by atoms with van der Waals surface area (Å²) in [4.78, 5) is 29.7. The van der Waals surface area contributed by atoms with Crippen molar-refractivity contribution in [3.05, 3.63) is 77.4 Å². The number of tetrazole rings is 1. The molecule has 2 heterocycles. The highest BCUT2D eigenvalue weighted by Crippen LogP contribution is 2.33. The Morgan fingerprint density at radius 1 is 0.977 bits per heavy atom. The van der Waals surface area contributed by atoms with Gasteiger partial charge in [-0.1, -0.05) is 55.5 Å². The second-order valence-electron chi connectivity index (χ2n) is 10.7. The third kappa shape index (κ3) is 7.17. The number of carbonyl (C=O) groups is 2. The number of aromatic nitrogens is 6. The Balaban J connectivity index is 1.39. The quantitative estimate of drug-likeness (QED) is 0.110. The summed E-state index contributed by atoms with van der Waals surface area (Å²) in [6.07, 6.45) is 3.43. The number of nitrogens with zero attached hydrogens (tertiary/aromatic N) is 5. The molecular weight excluding hydrogens is 548 g/mol. The van der Waals surface area contributed by atoms with Gasteiger partial charge in [0.1, 0.15) is 5.82 Å². The maximum absolute atomic E-state index is 12.9. The summed E-state index contributed by atoms with van der Waals surface area (Å²) in [5.41, 5.74) is 6.93. The highest BCUT2D eigenvalue weighted by molar-refractivity contribution is 5.91. The molecule has 11 nitrogen and oxygen atoms in total. The maximum atomic E-state index is 12.9. The number of allylic oxidation sites excluding steroid dienone is 1. The minimum Gasteiger partial charge on any atom is -0.431 e. The van der Waals surface area contributed by atoms with Gasteiger partial charge in [0.05, 0.1) is 17.5 Å². The first kappa shape index (κ1) is 29.7. The van der Waals surface area contributed by atoms with Crippen LogP contribution in [0.4, 0.5) is 4.79 Å². The van der Waals surface area contributed by atoms with Crippen LogP contribution in [0, 0.1) is 0 Å². The van der Waals surface area contributed by atoms with E-state index in [0.29, 0.717) is 18.8 Å². The highest BCUT2D eigenvalue weighted by Gasteiger charge is 2.24. The lowest BCUT2D eigenvalue weighted by atomic mass is 9.98. The Labute approximate surface area is 250 Å². The molecule has 1 atom stereocenters. The van der Waals surface area contributed by atoms with E-state index >= 15 is 0 Å². The number of aryl methyl sites for hydroxylation is 2. The molecular formula is C32H36N6O5. The number of imidazole rings is 1. The summed E-state index contributed by atoms with van der Waals surface area (Å²) in [6, 6.07) is 16.4. The second-order valence-corrected chi connectivity index (χ2v) is 10.7. The molecule has 0 aliphatic heterocycles. The van der Waals surface area contributed by atoms with Gasteiger partial charge in [0.15, 0.2) is 5.82 Å². The van der Waals surface area contributed by atoms with Crippen LogP contribution >= 0.6 is 0 Å². The van der Waals surface area contributed by atoms with Crippen LogP contribution < -0.4 is 0 Å². The molecule has 0 saturated carbocycles. The Kier molecular flexibility index (Phi) is 9.29. The Morgan fingerprint density at radius 3 is 2.42 bits per heavy atom. The zero-order valence-electron chi connectivity index (χ0n) is 24.9. The van der Waals surface area contributed by atoms with Crippen LogP contribution in [-0.2, 0) is 38.4 Å². The lowest BCUT2D eigenvalue weighted by molar-refractivity contribution is -0.162. The summed E-state index contributed by atoms with van der Waals surface area (Å²) >= 11 is 0. The third-order valence-electron chi connectivity index (χ3n) is 7.15. The minimum absolute atomic E-state index is 0.334. The normalized spacial score (nSPS) is 14.7. The number of fused-ring (bicyclic) bond motifs is 1. The van der Waals surface area contributed by atoms with Crippen molar-refractivity contribution in [1.82, 2.24) is 30.2 Å². The van der Waals surface area contributed by atoms with Gasteiger partial charge in [-0.3, -0.25) is 0 Å². The summed E-state index contributed by atoms with van der Waals surface area (Å²) in [5.74, 6) is 0.998. The molecule has 1 aliphatic rings. The van der Waals surface area contributed by atoms with E-state index in [-0.39, 0.29) is 6.10 Å². The van der Waals surface area contributed by atoms with E-state index in [1.165, 1.54) is 13.0 Å². The number of benzene rings is 2. The lowest BCUT2D eigenvalue weighted by Gasteiger charge is -2.16. The Hall–Kier alpha value is -4.80. The van der Waals surface area contributed by atoms with Gasteiger partial charge in [-0.15, -0.1) is 5.10 Å². The fraction of sp³-hybridized carbons (Fsp3) is 0.375. The highest BCUT2D eigenvalue weighted by atomic mass is 16.8. The predicted octanol–water partition coefficient (Wildman–Crippen LogP) is 5.90. The van der Waals surface area contributed by atoms with E-state index in [1.807, 2.05) is 24.3 Å². The van der Waals surface area contributed by atoms with Crippen LogP contribution in [0.15, 0.2) is 54.6 Å². The first-order chi connectivity index (χ1) is 20.8. The zero-order chi connectivity index (χ0) is 30.3. The standard InChI is InChI=1S/C32H36N6O5/c1-5-28-33-27-13-9-6-10-24(18-29(39)42-21(4)43-32(40)41-20(2)3)30(27)38(28)19-22-14-16-23(17-15-22)25-11-7-8-12-26(25)31-34-36-37-35-31/h7-8,11-12,14-18,20-21H,5-6,9-10,13,19H2,1-4H3,(H,34,35,36,37). The molecule has 0 saturated heterocycles. The number of rotatable bonds is 9. The van der Waals surface area contributed by atoms with Crippen LogP contribution in [0.5, 0.6) is 0 Å². The summed E-state index contributed by atoms with van der Waals surface area (Å²) in [5, 5.41) is 14.4. The maximum Gasteiger partial charge on any atom is 0.511 e. The molecule has 0 bridgehead atoms. The molecule has 11 heteroatoms. The molecule has 1 aliphatic carbocycles. The fourth-order valence-corrected chi connectivity index (χ4v) is 5.30. The smallest absolute Gasteiger partial charge is 0.431 e. The number of esters is 1. The van der Waals surface area contributed by atoms with E-state index in [1.54, 1.807) is 13.8 Å². The van der Waals surface area contributed by atoms with Crippen molar-refractivity contribution in [1.29, 1.82) is 0 Å². The fourth-order valence-electron chi connectivity index (χ4n) is 5.30. The molecule has 43 heavy (non-hydrogen) atoms. The van der Waals surface area contributed by atoms with Gasteiger partial charge >= 0.3 is 12.1 Å². The number of H-pyrrole nitrogens is 1. The molecule has 224 valence electrons. The number of hydrogen-bond donors (Lipinski definition) is 1. The van der Waals surface area contributed by atoms with Gasteiger partial charge in [-0.25, -0.2) is 19.7 Å². The van der Waals surface area contributed by atoms with Crippen molar-refractivity contribution in [3.63, 3.8) is 0 Å². The Bertz CT molecular complexity index is 1590. The molecule has 2 aromatic heterocycles. The van der Waals surface area contributed by atoms with Gasteiger partial charge in [-0.2, -0.15) is 0 Å². The molecule has 0 fully saturated rings. The van der Waals surface area contributed by atoms with Crippen molar-refractivity contribution in [2.24, 2.45) is 0 Å². The molecule has 1 N–H and O–H groups in total. The van der Waals surface area contributed by atoms with Crippen molar-refractivity contribution >= 4 is 17.7 Å². The monoisotopic (exact) mass is 584 g/mol. The zero-order valence-corrected chi connectivity index (χ0v) is 24.9. The average Bonchev–Trinajstić information content (AvgIpc) is 3.58. The van der Waals surface area contributed by atoms with Gasteiger partial charge in [0.25, 0.3) is 0 Å². The molecule has 0 amide bonds. The van der Waals surface area contributed by atoms with E-state index in [0.717, 1.165) is 70.7 Å². The molecule has 0 spiro atoms. The topological polar surface area (TPSA) is 134 Å². The van der Waals surface area contributed by atoms with Crippen molar-refractivity contribution < 1.29 is 23.8 Å². The first-order valence-electron chi connectivity index (χ1n) is 14.6. The van der Waals surface area contributed by atoms with Crippen LogP contribution in [0.2, 0.25) is 0 Å². The average molecular weight is 585 g/mol. The molecule has 0 radical (unpaired) electrons. The molecule has 1 unspecified atom stereocenters. The first-order valence-corrected chi connectivity index (χ1v) is 14.6. The van der Waals surface area contributed by atoms with Gasteiger partial charge in [-0.05, 0) is 72.2 Å². The minimum atomic E-state index is -1.08.